The van der Waals surface area contributed by atoms with Crippen LogP contribution in [0.3, 0.4) is 0 Å². The van der Waals surface area contributed by atoms with E-state index in [-0.39, 0.29) is 23.8 Å². The molecule has 3 amide bonds. The first-order valence-electron chi connectivity index (χ1n) is 9.50. The Balaban J connectivity index is 1.77. The van der Waals surface area contributed by atoms with Crippen molar-refractivity contribution in [2.75, 3.05) is 19.8 Å². The number of ketones is 1. The Bertz CT molecular complexity index is 1100. The van der Waals surface area contributed by atoms with Crippen LogP contribution in [0.1, 0.15) is 22.8 Å². The van der Waals surface area contributed by atoms with E-state index >= 15 is 0 Å². The highest BCUT2D eigenvalue weighted by atomic mass is 35.5. The van der Waals surface area contributed by atoms with Crippen molar-refractivity contribution in [1.82, 2.24) is 4.90 Å². The average molecular weight is 475 g/mol. The summed E-state index contributed by atoms with van der Waals surface area (Å²) in [5.74, 6) is -0.878. The zero-order valence-electron chi connectivity index (χ0n) is 17.0. The summed E-state index contributed by atoms with van der Waals surface area (Å²) in [4.78, 5) is 49.6. The lowest BCUT2D eigenvalue weighted by molar-refractivity contribution is -0.122. The topological polar surface area (TPSA) is 116 Å². The van der Waals surface area contributed by atoms with Gasteiger partial charge in [0, 0.05) is 10.6 Å². The predicted molar refractivity (Wildman–Crippen MR) is 121 cm³/mol. The SMILES string of the molecule is CCOc1cc(/C=C2\SC(=O)N(CC(=O)c3ccc(Cl)cc3)C2=O)ccc1OCC(N)=O. The van der Waals surface area contributed by atoms with Crippen molar-refractivity contribution >= 4 is 52.3 Å². The normalized spacial score (nSPS) is 14.7. The molecule has 0 unspecified atom stereocenters. The molecule has 1 aliphatic rings. The maximum absolute atomic E-state index is 12.7. The largest absolute Gasteiger partial charge is 0.490 e. The van der Waals surface area contributed by atoms with Gasteiger partial charge in [0.25, 0.3) is 17.1 Å². The van der Waals surface area contributed by atoms with E-state index in [9.17, 15) is 19.2 Å². The minimum atomic E-state index is -0.627. The van der Waals surface area contributed by atoms with E-state index in [1.54, 1.807) is 37.3 Å². The third-order valence-corrected chi connectivity index (χ3v) is 5.44. The quantitative estimate of drug-likeness (QED) is 0.436. The number of imide groups is 1. The molecular weight excluding hydrogens is 456 g/mol. The molecule has 2 aromatic rings. The molecule has 0 bridgehead atoms. The van der Waals surface area contributed by atoms with Crippen molar-refractivity contribution in [2.24, 2.45) is 5.73 Å². The van der Waals surface area contributed by atoms with E-state index in [0.717, 1.165) is 16.7 Å². The highest BCUT2D eigenvalue weighted by Gasteiger charge is 2.36. The van der Waals surface area contributed by atoms with Gasteiger partial charge in [0.05, 0.1) is 18.1 Å². The second-order valence-electron chi connectivity index (χ2n) is 6.59. The van der Waals surface area contributed by atoms with Crippen molar-refractivity contribution in [3.05, 3.63) is 63.5 Å². The maximum atomic E-state index is 12.7. The summed E-state index contributed by atoms with van der Waals surface area (Å²) in [6, 6.07) is 11.0. The summed E-state index contributed by atoms with van der Waals surface area (Å²) in [5.41, 5.74) is 6.03. The predicted octanol–water partition coefficient (Wildman–Crippen LogP) is 3.52. The number of amides is 3. The highest BCUT2D eigenvalue weighted by molar-refractivity contribution is 8.18. The Morgan fingerprint density at radius 3 is 2.47 bits per heavy atom. The minimum absolute atomic E-state index is 0.173. The zero-order chi connectivity index (χ0) is 23.3. The van der Waals surface area contributed by atoms with Gasteiger partial charge in [0.15, 0.2) is 23.9 Å². The summed E-state index contributed by atoms with van der Waals surface area (Å²) in [7, 11) is 0. The van der Waals surface area contributed by atoms with Crippen LogP contribution >= 0.6 is 23.4 Å². The van der Waals surface area contributed by atoms with Crippen molar-refractivity contribution in [3.8, 4) is 11.5 Å². The molecule has 32 heavy (non-hydrogen) atoms. The molecular formula is C22H19ClN2O6S. The summed E-state index contributed by atoms with van der Waals surface area (Å²) in [5, 5.41) is -0.0527. The van der Waals surface area contributed by atoms with Crippen molar-refractivity contribution in [1.29, 1.82) is 0 Å². The Labute approximate surface area is 193 Å². The van der Waals surface area contributed by atoms with Crippen LogP contribution in [0, 0.1) is 0 Å². The van der Waals surface area contributed by atoms with Crippen LogP contribution in [0.25, 0.3) is 6.08 Å². The number of primary amides is 1. The molecule has 166 valence electrons. The lowest BCUT2D eigenvalue weighted by Crippen LogP contribution is -2.33. The van der Waals surface area contributed by atoms with E-state index in [0.29, 0.717) is 34.3 Å². The van der Waals surface area contributed by atoms with Crippen LogP contribution in [0.5, 0.6) is 11.5 Å². The van der Waals surface area contributed by atoms with Gasteiger partial charge in [-0.15, -0.1) is 0 Å². The second kappa shape index (κ2) is 10.3. The van der Waals surface area contributed by atoms with Gasteiger partial charge in [-0.25, -0.2) is 0 Å². The van der Waals surface area contributed by atoms with Gasteiger partial charge in [0.2, 0.25) is 0 Å². The van der Waals surface area contributed by atoms with Gasteiger partial charge in [-0.2, -0.15) is 0 Å². The van der Waals surface area contributed by atoms with Crippen molar-refractivity contribution < 1.29 is 28.7 Å². The van der Waals surface area contributed by atoms with Crippen LogP contribution in [0.2, 0.25) is 5.02 Å². The molecule has 8 nitrogen and oxygen atoms in total. The molecule has 0 atom stereocenters. The molecule has 1 heterocycles. The number of rotatable bonds is 9. The van der Waals surface area contributed by atoms with Crippen LogP contribution in [0.15, 0.2) is 47.4 Å². The number of carbonyl (C=O) groups excluding carboxylic acids is 4. The van der Waals surface area contributed by atoms with Gasteiger partial charge < -0.3 is 15.2 Å². The van der Waals surface area contributed by atoms with Crippen LogP contribution in [-0.2, 0) is 9.59 Å². The number of hydrogen-bond donors (Lipinski definition) is 1. The van der Waals surface area contributed by atoms with Crippen LogP contribution in [-0.4, -0.2) is 47.5 Å². The number of ether oxygens (including phenoxy) is 2. The van der Waals surface area contributed by atoms with Gasteiger partial charge >= 0.3 is 0 Å². The van der Waals surface area contributed by atoms with E-state index in [2.05, 4.69) is 0 Å². The number of thioether (sulfide) groups is 1. The number of benzene rings is 2. The highest BCUT2D eigenvalue weighted by Crippen LogP contribution is 2.34. The lowest BCUT2D eigenvalue weighted by Gasteiger charge is -2.12. The molecule has 1 aliphatic heterocycles. The molecule has 2 N–H and O–H groups in total. The van der Waals surface area contributed by atoms with E-state index in [4.69, 9.17) is 26.8 Å². The van der Waals surface area contributed by atoms with E-state index < -0.39 is 17.1 Å². The molecule has 0 radical (unpaired) electrons. The monoisotopic (exact) mass is 474 g/mol. The fraction of sp³-hybridized carbons (Fsp3) is 0.182. The van der Waals surface area contributed by atoms with Gasteiger partial charge in [-0.3, -0.25) is 24.1 Å². The molecule has 0 saturated carbocycles. The molecule has 1 saturated heterocycles. The van der Waals surface area contributed by atoms with Gasteiger partial charge in [-0.05, 0) is 66.7 Å². The fourth-order valence-electron chi connectivity index (χ4n) is 2.81. The summed E-state index contributed by atoms with van der Waals surface area (Å²) < 4.78 is 10.8. The summed E-state index contributed by atoms with van der Waals surface area (Å²) in [6.45, 7) is 1.46. The molecule has 1 fully saturated rings. The fourth-order valence-corrected chi connectivity index (χ4v) is 3.77. The van der Waals surface area contributed by atoms with Gasteiger partial charge in [0.1, 0.15) is 0 Å². The zero-order valence-corrected chi connectivity index (χ0v) is 18.6. The Hall–Kier alpha value is -3.30. The van der Waals surface area contributed by atoms with Gasteiger partial charge in [-0.1, -0.05) is 17.7 Å². The molecule has 2 aromatic carbocycles. The number of nitrogens with two attached hydrogens (primary N) is 1. The molecule has 10 heteroatoms. The standard InChI is InChI=1S/C22H19ClN2O6S/c1-2-30-18-9-13(3-8-17(18)31-12-20(24)27)10-19-21(28)25(22(29)32-19)11-16(26)14-4-6-15(23)7-5-14/h3-10H,2,11-12H2,1H3,(H2,24,27)/b19-10-. The third-order valence-electron chi connectivity index (χ3n) is 4.28. The van der Waals surface area contributed by atoms with Crippen LogP contribution < -0.4 is 15.2 Å². The first-order valence-corrected chi connectivity index (χ1v) is 10.7. The Morgan fingerprint density at radius 2 is 1.81 bits per heavy atom. The van der Waals surface area contributed by atoms with E-state index in [1.165, 1.54) is 18.2 Å². The van der Waals surface area contributed by atoms with Crippen molar-refractivity contribution in [2.45, 2.75) is 6.92 Å². The number of carbonyl (C=O) groups is 4. The number of Topliss-reactive ketones (excluding diaryl/α,β-unsaturated/α-hetero) is 1. The molecule has 0 aliphatic carbocycles. The van der Waals surface area contributed by atoms with Crippen molar-refractivity contribution in [3.63, 3.8) is 0 Å². The lowest BCUT2D eigenvalue weighted by atomic mass is 10.1. The third kappa shape index (κ3) is 5.68. The molecule has 0 aromatic heterocycles. The molecule has 3 rings (SSSR count). The maximum Gasteiger partial charge on any atom is 0.293 e. The Kier molecular flexibility index (Phi) is 7.55. The Morgan fingerprint density at radius 1 is 1.09 bits per heavy atom. The smallest absolute Gasteiger partial charge is 0.293 e. The summed E-state index contributed by atoms with van der Waals surface area (Å²) in [6.07, 6.45) is 1.53. The first-order chi connectivity index (χ1) is 15.3. The van der Waals surface area contributed by atoms with E-state index in [1.807, 2.05) is 0 Å². The minimum Gasteiger partial charge on any atom is -0.490 e. The number of hydrogen-bond acceptors (Lipinski definition) is 7. The summed E-state index contributed by atoms with van der Waals surface area (Å²) >= 11 is 6.57. The number of halogens is 1. The second-order valence-corrected chi connectivity index (χ2v) is 8.02. The van der Waals surface area contributed by atoms with Crippen LogP contribution in [0.4, 0.5) is 4.79 Å². The first kappa shape index (κ1) is 23.4. The average Bonchev–Trinajstić information content (AvgIpc) is 3.01. The number of nitrogens with zero attached hydrogens (tertiary/aromatic N) is 1. The molecule has 0 spiro atoms.